The van der Waals surface area contributed by atoms with Gasteiger partial charge in [-0.15, -0.1) is 0 Å². The van der Waals surface area contributed by atoms with Crippen molar-refractivity contribution in [2.45, 2.75) is 39.2 Å². The third-order valence-corrected chi connectivity index (χ3v) is 6.97. The van der Waals surface area contributed by atoms with E-state index in [1.807, 2.05) is 31.9 Å². The number of fused-ring (bicyclic) bond motifs is 1. The molecule has 9 nitrogen and oxygen atoms in total. The van der Waals surface area contributed by atoms with Crippen LogP contribution in [0.1, 0.15) is 33.1 Å². The molecule has 0 N–H and O–H groups in total. The highest BCUT2D eigenvalue weighted by molar-refractivity contribution is 6.01. The summed E-state index contributed by atoms with van der Waals surface area (Å²) >= 11 is 0. The number of allylic oxidation sites excluding steroid dienone is 1. The summed E-state index contributed by atoms with van der Waals surface area (Å²) < 4.78 is 0. The number of carbonyl (C=O) groups excluding carboxylic acids is 2. The molecule has 0 aromatic carbocycles. The first-order chi connectivity index (χ1) is 15.8. The molecule has 2 saturated heterocycles. The van der Waals surface area contributed by atoms with Crippen LogP contribution in [0.2, 0.25) is 0 Å². The second kappa shape index (κ2) is 9.48. The molecule has 4 aliphatic rings. The van der Waals surface area contributed by atoms with E-state index in [9.17, 15) is 14.9 Å². The van der Waals surface area contributed by atoms with Crippen molar-refractivity contribution in [1.29, 1.82) is 5.26 Å². The number of likely N-dealkylation sites (N-methyl/N-ethyl adjacent to an activating group) is 1. The van der Waals surface area contributed by atoms with Crippen LogP contribution >= 0.6 is 0 Å². The maximum Gasteiger partial charge on any atom is 0.266 e. The van der Waals surface area contributed by atoms with Gasteiger partial charge < -0.3 is 19.6 Å². The molecule has 1 unspecified atom stereocenters. The Bertz CT molecular complexity index is 958. The summed E-state index contributed by atoms with van der Waals surface area (Å²) in [7, 11) is 2.04. The van der Waals surface area contributed by atoms with Crippen LogP contribution in [0.3, 0.4) is 0 Å². The first-order valence-electron chi connectivity index (χ1n) is 11.8. The van der Waals surface area contributed by atoms with Crippen molar-refractivity contribution in [3.63, 3.8) is 0 Å². The molecule has 1 atom stereocenters. The SMILES string of the molecule is CN1CCN(C(=O)C(C)(C)C(=C(C#N)C(=O)N2CCCCC2)N2C=NC3CN=CC=C32)CC1. The third kappa shape index (κ3) is 4.44. The largest absolute Gasteiger partial charge is 0.339 e. The standard InChI is InChI=1S/C24H33N7O2/c1-24(2,23(33)30-13-11-28(3)12-14-30)21(31-17-27-19-16-26-8-7-20(19)31)18(15-25)22(32)29-9-5-4-6-10-29/h7-8,17,19H,4-6,9-14,16H2,1-3H3. The van der Waals surface area contributed by atoms with Crippen LogP contribution in [-0.4, -0.2) is 103 Å². The minimum atomic E-state index is -1.09. The molecule has 9 heteroatoms. The summed E-state index contributed by atoms with van der Waals surface area (Å²) in [6.45, 7) is 8.28. The summed E-state index contributed by atoms with van der Waals surface area (Å²) in [5, 5.41) is 10.2. The number of aliphatic imine (C=N–C) groups is 2. The lowest BCUT2D eigenvalue weighted by Gasteiger charge is -2.41. The molecule has 2 amide bonds. The van der Waals surface area contributed by atoms with Crippen LogP contribution in [0.15, 0.2) is 33.0 Å². The van der Waals surface area contributed by atoms with E-state index in [4.69, 9.17) is 0 Å². The van der Waals surface area contributed by atoms with Crippen molar-refractivity contribution in [3.05, 3.63) is 23.0 Å². The van der Waals surface area contributed by atoms with Crippen molar-refractivity contribution < 1.29 is 9.59 Å². The number of piperazine rings is 1. The summed E-state index contributed by atoms with van der Waals surface area (Å²) in [5.74, 6) is -0.375. The van der Waals surface area contributed by atoms with Crippen molar-refractivity contribution in [2.24, 2.45) is 15.4 Å². The molecule has 0 spiro atoms. The van der Waals surface area contributed by atoms with E-state index < -0.39 is 5.41 Å². The lowest BCUT2D eigenvalue weighted by Crippen LogP contribution is -2.53. The molecule has 0 aromatic heterocycles. The number of rotatable bonds is 4. The Morgan fingerprint density at radius 2 is 1.76 bits per heavy atom. The van der Waals surface area contributed by atoms with Gasteiger partial charge in [0.1, 0.15) is 17.7 Å². The number of likely N-dealkylation sites (tertiary alicyclic amines) is 1. The fourth-order valence-corrected chi connectivity index (χ4v) is 4.96. The minimum absolute atomic E-state index is 0.0277. The van der Waals surface area contributed by atoms with Crippen molar-refractivity contribution in [2.75, 3.05) is 52.9 Å². The molecule has 176 valence electrons. The fraction of sp³-hybridized carbons (Fsp3) is 0.625. The third-order valence-electron chi connectivity index (χ3n) is 6.97. The smallest absolute Gasteiger partial charge is 0.266 e. The van der Waals surface area contributed by atoms with Crippen LogP contribution in [0, 0.1) is 16.7 Å². The van der Waals surface area contributed by atoms with Crippen molar-refractivity contribution in [1.82, 2.24) is 19.6 Å². The molecule has 33 heavy (non-hydrogen) atoms. The van der Waals surface area contributed by atoms with Gasteiger partial charge in [-0.05, 0) is 46.2 Å². The van der Waals surface area contributed by atoms with E-state index in [1.165, 1.54) is 0 Å². The van der Waals surface area contributed by atoms with Gasteiger partial charge in [-0.1, -0.05) is 0 Å². The Morgan fingerprint density at radius 1 is 1.06 bits per heavy atom. The summed E-state index contributed by atoms with van der Waals surface area (Å²) in [6, 6.07) is 2.03. The summed E-state index contributed by atoms with van der Waals surface area (Å²) in [6.07, 6.45) is 8.18. The quantitative estimate of drug-likeness (QED) is 0.474. The van der Waals surface area contributed by atoms with E-state index in [-0.39, 0.29) is 23.4 Å². The highest BCUT2D eigenvalue weighted by Gasteiger charge is 2.45. The normalized spacial score (nSPS) is 24.2. The maximum atomic E-state index is 13.8. The van der Waals surface area contributed by atoms with Crippen LogP contribution in [-0.2, 0) is 9.59 Å². The topological polar surface area (TPSA) is 95.6 Å². The van der Waals surface area contributed by atoms with Crippen LogP contribution in [0.25, 0.3) is 0 Å². The predicted molar refractivity (Wildman–Crippen MR) is 126 cm³/mol. The van der Waals surface area contributed by atoms with E-state index in [1.54, 1.807) is 22.4 Å². The van der Waals surface area contributed by atoms with E-state index in [0.717, 1.165) is 38.0 Å². The Morgan fingerprint density at radius 3 is 2.42 bits per heavy atom. The second-order valence-corrected chi connectivity index (χ2v) is 9.66. The van der Waals surface area contributed by atoms with Gasteiger partial charge >= 0.3 is 0 Å². The van der Waals surface area contributed by atoms with Crippen molar-refractivity contribution in [3.8, 4) is 6.07 Å². The van der Waals surface area contributed by atoms with E-state index >= 15 is 0 Å². The van der Waals surface area contributed by atoms with Crippen molar-refractivity contribution >= 4 is 24.4 Å². The molecule has 0 aliphatic carbocycles. The number of piperidine rings is 1. The molecule has 4 heterocycles. The zero-order valence-electron chi connectivity index (χ0n) is 19.8. The molecule has 4 rings (SSSR count). The van der Waals surface area contributed by atoms with Crippen LogP contribution in [0.5, 0.6) is 0 Å². The number of hydrogen-bond donors (Lipinski definition) is 0. The Kier molecular flexibility index (Phi) is 6.66. The maximum absolute atomic E-state index is 13.8. The molecule has 4 aliphatic heterocycles. The lowest BCUT2D eigenvalue weighted by atomic mass is 9.82. The Balaban J connectivity index is 1.77. The number of hydrogen-bond acceptors (Lipinski definition) is 7. The molecule has 2 fully saturated rings. The zero-order valence-corrected chi connectivity index (χ0v) is 19.8. The highest BCUT2D eigenvalue weighted by Crippen LogP contribution is 2.39. The van der Waals surface area contributed by atoms with Gasteiger partial charge in [0.25, 0.3) is 5.91 Å². The molecule has 0 radical (unpaired) electrons. The first-order valence-corrected chi connectivity index (χ1v) is 11.8. The summed E-state index contributed by atoms with van der Waals surface area (Å²) in [4.78, 5) is 43.8. The van der Waals surface area contributed by atoms with Gasteiger partial charge in [-0.3, -0.25) is 19.6 Å². The molecule has 0 aromatic rings. The minimum Gasteiger partial charge on any atom is -0.339 e. The monoisotopic (exact) mass is 451 g/mol. The number of amides is 2. The average Bonchev–Trinajstić information content (AvgIpc) is 3.26. The Labute approximate surface area is 195 Å². The van der Waals surface area contributed by atoms with Gasteiger partial charge in [0.2, 0.25) is 5.91 Å². The molecular formula is C24H33N7O2. The van der Waals surface area contributed by atoms with Crippen LogP contribution < -0.4 is 0 Å². The van der Waals surface area contributed by atoms with E-state index in [2.05, 4.69) is 21.0 Å². The molecular weight excluding hydrogens is 418 g/mol. The number of nitriles is 1. The zero-order chi connectivity index (χ0) is 23.6. The lowest BCUT2D eigenvalue weighted by molar-refractivity contribution is -0.140. The molecule has 0 bridgehead atoms. The van der Waals surface area contributed by atoms with Gasteiger partial charge in [-0.2, -0.15) is 5.26 Å². The second-order valence-electron chi connectivity index (χ2n) is 9.66. The Hall–Kier alpha value is -2.99. The van der Waals surface area contributed by atoms with E-state index in [0.29, 0.717) is 38.4 Å². The number of dihydropyridines is 1. The predicted octanol–water partition coefficient (Wildman–Crippen LogP) is 1.26. The number of nitrogens with zero attached hydrogens (tertiary/aromatic N) is 7. The number of carbonyl (C=O) groups is 2. The molecule has 0 saturated carbocycles. The first kappa shape index (κ1) is 23.2. The fourth-order valence-electron chi connectivity index (χ4n) is 4.96. The van der Waals surface area contributed by atoms with Gasteiger partial charge in [0, 0.05) is 45.5 Å². The van der Waals surface area contributed by atoms with Crippen LogP contribution in [0.4, 0.5) is 0 Å². The highest BCUT2D eigenvalue weighted by atomic mass is 16.2. The summed E-state index contributed by atoms with van der Waals surface area (Å²) in [5.41, 5.74) is 0.193. The van der Waals surface area contributed by atoms with Gasteiger partial charge in [-0.25, -0.2) is 0 Å². The van der Waals surface area contributed by atoms with Gasteiger partial charge in [0.05, 0.1) is 29.7 Å². The average molecular weight is 452 g/mol. The van der Waals surface area contributed by atoms with Gasteiger partial charge in [0.15, 0.2) is 0 Å².